The van der Waals surface area contributed by atoms with E-state index in [2.05, 4.69) is 44.7 Å². The van der Waals surface area contributed by atoms with Crippen molar-refractivity contribution in [3.05, 3.63) is 104 Å². The molecule has 2 aliphatic carbocycles. The Kier molecular flexibility index (Phi) is 6.62. The number of hydrogen-bond donors (Lipinski definition) is 1. The first-order valence-corrected chi connectivity index (χ1v) is 13.8. The summed E-state index contributed by atoms with van der Waals surface area (Å²) in [4.78, 5) is 19.7. The van der Waals surface area contributed by atoms with Crippen molar-refractivity contribution in [3.63, 3.8) is 0 Å². The number of hydrogen-bond acceptors (Lipinski definition) is 5. The summed E-state index contributed by atoms with van der Waals surface area (Å²) in [6, 6.07) is 23.8. The molecule has 0 unspecified atom stereocenters. The number of rotatable bonds is 5. The lowest BCUT2D eigenvalue weighted by molar-refractivity contribution is 0.284. The molecule has 0 aliphatic heterocycles. The van der Waals surface area contributed by atoms with Crippen molar-refractivity contribution in [1.82, 2.24) is 9.55 Å². The van der Waals surface area contributed by atoms with Crippen LogP contribution in [0.15, 0.2) is 87.2 Å². The Bertz CT molecular complexity index is 1550. The number of benzene rings is 3. The molecule has 38 heavy (non-hydrogen) atoms. The maximum atomic E-state index is 14.5. The summed E-state index contributed by atoms with van der Waals surface area (Å²) in [6.45, 7) is 0. The highest BCUT2D eigenvalue weighted by Gasteiger charge is 2.43. The van der Waals surface area contributed by atoms with Gasteiger partial charge in [-0.1, -0.05) is 71.6 Å². The van der Waals surface area contributed by atoms with Gasteiger partial charge < -0.3 is 4.74 Å². The maximum absolute atomic E-state index is 14.5. The molecule has 1 fully saturated rings. The molecule has 1 heterocycles. The van der Waals surface area contributed by atoms with Crippen molar-refractivity contribution < 1.29 is 4.74 Å². The molecule has 192 valence electrons. The van der Waals surface area contributed by atoms with Crippen LogP contribution in [0.5, 0.6) is 5.75 Å². The standard InChI is InChI=1S/C31H29BrN4O2/c1-38-25-15-13-24(14-16-25)36-29(37)27-28(34-30(36)35-33-20-21-9-11-23(32)12-10-21)26-8-4-3-7-22(26)19-31(27)17-5-2-6-18-31/h3-4,7-16,20H,2,5-6,17-19H2,1H3,(H,34,35). The molecule has 6 nitrogen and oxygen atoms in total. The summed E-state index contributed by atoms with van der Waals surface area (Å²) >= 11 is 3.47. The Morgan fingerprint density at radius 2 is 1.74 bits per heavy atom. The van der Waals surface area contributed by atoms with Gasteiger partial charge in [0.25, 0.3) is 5.56 Å². The van der Waals surface area contributed by atoms with E-state index in [-0.39, 0.29) is 11.0 Å². The number of aromatic nitrogens is 2. The third kappa shape index (κ3) is 4.45. The Labute approximate surface area is 230 Å². The Hall–Kier alpha value is -3.71. The summed E-state index contributed by atoms with van der Waals surface area (Å²) < 4.78 is 8.03. The number of fused-ring (bicyclic) bond motifs is 4. The van der Waals surface area contributed by atoms with Gasteiger partial charge in [0, 0.05) is 15.5 Å². The molecule has 1 N–H and O–H groups in total. The molecule has 0 atom stereocenters. The fourth-order valence-electron chi connectivity index (χ4n) is 5.97. The monoisotopic (exact) mass is 568 g/mol. The molecule has 6 rings (SSSR count). The fraction of sp³-hybridized carbons (Fsp3) is 0.258. The molecular formula is C31H29BrN4O2. The summed E-state index contributed by atoms with van der Waals surface area (Å²) in [5.41, 5.74) is 8.45. The average Bonchev–Trinajstić information content (AvgIpc) is 2.95. The summed E-state index contributed by atoms with van der Waals surface area (Å²) in [5, 5.41) is 4.47. The third-order valence-corrected chi connectivity index (χ3v) is 8.33. The summed E-state index contributed by atoms with van der Waals surface area (Å²) in [6.07, 6.45) is 8.08. The molecule has 0 saturated heterocycles. The van der Waals surface area contributed by atoms with Gasteiger partial charge in [-0.2, -0.15) is 5.10 Å². The number of nitrogens with zero attached hydrogens (tertiary/aromatic N) is 3. The zero-order chi connectivity index (χ0) is 26.1. The Morgan fingerprint density at radius 1 is 1.00 bits per heavy atom. The predicted molar refractivity (Wildman–Crippen MR) is 156 cm³/mol. The van der Waals surface area contributed by atoms with Crippen LogP contribution in [0.3, 0.4) is 0 Å². The predicted octanol–water partition coefficient (Wildman–Crippen LogP) is 6.87. The number of anilines is 1. The van der Waals surface area contributed by atoms with Crippen molar-refractivity contribution in [2.45, 2.75) is 43.9 Å². The molecule has 2 aliphatic rings. The first kappa shape index (κ1) is 24.6. The Balaban J connectivity index is 1.54. The third-order valence-electron chi connectivity index (χ3n) is 7.80. The second kappa shape index (κ2) is 10.2. The van der Waals surface area contributed by atoms with Gasteiger partial charge in [-0.05, 0) is 66.8 Å². The van der Waals surface area contributed by atoms with Crippen LogP contribution in [0.2, 0.25) is 0 Å². The molecule has 0 radical (unpaired) electrons. The normalized spacial score (nSPS) is 15.7. The molecule has 0 amide bonds. The van der Waals surface area contributed by atoms with Gasteiger partial charge in [0.1, 0.15) is 5.75 Å². The van der Waals surface area contributed by atoms with Gasteiger partial charge in [-0.3, -0.25) is 4.79 Å². The second-order valence-corrected chi connectivity index (χ2v) is 11.0. The quantitative estimate of drug-likeness (QED) is 0.210. The van der Waals surface area contributed by atoms with Crippen LogP contribution >= 0.6 is 15.9 Å². The minimum absolute atomic E-state index is 0.0297. The van der Waals surface area contributed by atoms with Crippen LogP contribution in [-0.2, 0) is 11.8 Å². The number of methoxy groups -OCH3 is 1. The highest BCUT2D eigenvalue weighted by Crippen LogP contribution is 2.48. The molecule has 0 bridgehead atoms. The topological polar surface area (TPSA) is 68.5 Å². The largest absolute Gasteiger partial charge is 0.497 e. The van der Waals surface area contributed by atoms with Crippen LogP contribution in [0, 0.1) is 0 Å². The van der Waals surface area contributed by atoms with Crippen molar-refractivity contribution in [2.24, 2.45) is 5.10 Å². The number of hydrazone groups is 1. The van der Waals surface area contributed by atoms with E-state index < -0.39 is 0 Å². The van der Waals surface area contributed by atoms with Gasteiger partial charge >= 0.3 is 0 Å². The number of halogens is 1. The van der Waals surface area contributed by atoms with Crippen LogP contribution < -0.4 is 15.7 Å². The first-order valence-electron chi connectivity index (χ1n) is 13.0. The van der Waals surface area contributed by atoms with E-state index in [0.29, 0.717) is 5.95 Å². The van der Waals surface area contributed by atoms with E-state index in [9.17, 15) is 4.79 Å². The van der Waals surface area contributed by atoms with Crippen molar-refractivity contribution in [1.29, 1.82) is 0 Å². The SMILES string of the molecule is COc1ccc(-n2c(NN=Cc3ccc(Br)cc3)nc3c(c2=O)C2(CCCCC2)Cc2ccccc2-3)cc1. The van der Waals surface area contributed by atoms with Gasteiger partial charge in [-0.15, -0.1) is 0 Å². The van der Waals surface area contributed by atoms with Gasteiger partial charge in [0.15, 0.2) is 0 Å². The molecular weight excluding hydrogens is 540 g/mol. The smallest absolute Gasteiger partial charge is 0.263 e. The second-order valence-electron chi connectivity index (χ2n) is 10.1. The van der Waals surface area contributed by atoms with Crippen LogP contribution in [0.4, 0.5) is 5.95 Å². The van der Waals surface area contributed by atoms with Crippen LogP contribution in [-0.4, -0.2) is 22.9 Å². The van der Waals surface area contributed by atoms with Crippen molar-refractivity contribution in [3.8, 4) is 22.7 Å². The van der Waals surface area contributed by atoms with Gasteiger partial charge in [-0.25, -0.2) is 15.0 Å². The molecule has 1 aromatic heterocycles. The Morgan fingerprint density at radius 3 is 2.47 bits per heavy atom. The number of ether oxygens (including phenoxy) is 1. The van der Waals surface area contributed by atoms with Gasteiger partial charge in [0.2, 0.25) is 5.95 Å². The first-order chi connectivity index (χ1) is 18.6. The van der Waals surface area contributed by atoms with E-state index in [1.807, 2.05) is 54.6 Å². The van der Waals surface area contributed by atoms with Crippen LogP contribution in [0.1, 0.15) is 48.8 Å². The molecule has 3 aromatic carbocycles. The molecule has 1 spiro atoms. The highest BCUT2D eigenvalue weighted by molar-refractivity contribution is 9.10. The zero-order valence-corrected chi connectivity index (χ0v) is 22.9. The van der Waals surface area contributed by atoms with Crippen molar-refractivity contribution in [2.75, 3.05) is 12.5 Å². The van der Waals surface area contributed by atoms with E-state index >= 15 is 0 Å². The van der Waals surface area contributed by atoms with E-state index in [1.165, 1.54) is 12.0 Å². The fourth-order valence-corrected chi connectivity index (χ4v) is 6.23. The lowest BCUT2D eigenvalue weighted by Crippen LogP contribution is -2.42. The van der Waals surface area contributed by atoms with Crippen LogP contribution in [0.25, 0.3) is 16.9 Å². The van der Waals surface area contributed by atoms with Crippen molar-refractivity contribution >= 4 is 28.1 Å². The molecule has 4 aromatic rings. The minimum atomic E-state index is -0.195. The zero-order valence-electron chi connectivity index (χ0n) is 21.3. The lowest BCUT2D eigenvalue weighted by Gasteiger charge is -2.42. The van der Waals surface area contributed by atoms with E-state index in [4.69, 9.17) is 9.72 Å². The maximum Gasteiger partial charge on any atom is 0.263 e. The molecule has 7 heteroatoms. The average molecular weight is 570 g/mol. The highest BCUT2D eigenvalue weighted by atomic mass is 79.9. The molecule has 1 saturated carbocycles. The van der Waals surface area contributed by atoms with E-state index in [0.717, 1.165) is 70.4 Å². The summed E-state index contributed by atoms with van der Waals surface area (Å²) in [7, 11) is 1.63. The minimum Gasteiger partial charge on any atom is -0.497 e. The van der Waals surface area contributed by atoms with Gasteiger partial charge in [0.05, 0.1) is 30.3 Å². The summed E-state index contributed by atoms with van der Waals surface area (Å²) in [5.74, 6) is 1.11. The lowest BCUT2D eigenvalue weighted by atomic mass is 9.62. The van der Waals surface area contributed by atoms with E-state index in [1.54, 1.807) is 17.9 Å². The number of nitrogens with one attached hydrogen (secondary N) is 1.